The minimum absolute atomic E-state index is 0.280. The van der Waals surface area contributed by atoms with E-state index in [-0.39, 0.29) is 5.41 Å². The Labute approximate surface area is 181 Å². The maximum Gasteiger partial charge on any atom is 0.171 e. The molecule has 3 aliphatic carbocycles. The number of rotatable bonds is 5. The van der Waals surface area contributed by atoms with Crippen LogP contribution in [0.2, 0.25) is 0 Å². The Bertz CT molecular complexity index is 983. The molecule has 1 saturated carbocycles. The predicted molar refractivity (Wildman–Crippen MR) is 128 cm³/mol. The number of hydrogen-bond acceptors (Lipinski definition) is 1. The summed E-state index contributed by atoms with van der Waals surface area (Å²) in [5.74, 6) is 1.21. The topological polar surface area (TPSA) is 17.1 Å². The Morgan fingerprint density at radius 3 is 2.07 bits per heavy atom. The summed E-state index contributed by atoms with van der Waals surface area (Å²) in [4.78, 5) is 0. The van der Waals surface area contributed by atoms with Crippen LogP contribution in [0, 0.1) is 17.3 Å². The fourth-order valence-corrected chi connectivity index (χ4v) is 9.72. The van der Waals surface area contributed by atoms with Crippen molar-refractivity contribution >= 4 is 17.8 Å². The Balaban J connectivity index is 1.80. The van der Waals surface area contributed by atoms with E-state index >= 15 is 4.57 Å². The zero-order valence-corrected chi connectivity index (χ0v) is 19.2. The first-order chi connectivity index (χ1) is 14.6. The van der Waals surface area contributed by atoms with Crippen molar-refractivity contribution in [1.29, 1.82) is 0 Å². The third-order valence-electron chi connectivity index (χ3n) is 8.16. The molecule has 0 unspecified atom stereocenters. The molecule has 2 atom stereocenters. The lowest BCUT2D eigenvalue weighted by molar-refractivity contribution is 0.289. The average molecular weight is 417 g/mol. The van der Waals surface area contributed by atoms with Gasteiger partial charge < -0.3 is 4.57 Å². The Morgan fingerprint density at radius 1 is 0.900 bits per heavy atom. The summed E-state index contributed by atoms with van der Waals surface area (Å²) in [5, 5.41) is 3.25. The monoisotopic (exact) mass is 416 g/mol. The first kappa shape index (κ1) is 20.1. The lowest BCUT2D eigenvalue weighted by Gasteiger charge is -2.35. The summed E-state index contributed by atoms with van der Waals surface area (Å²) in [6, 6.07) is 20.6. The highest BCUT2D eigenvalue weighted by Crippen LogP contribution is 2.66. The summed E-state index contributed by atoms with van der Waals surface area (Å²) >= 11 is 0. The molecule has 3 aliphatic rings. The molecule has 0 heterocycles. The Kier molecular flexibility index (Phi) is 5.14. The fraction of sp³-hybridized carbons (Fsp3) is 0.429. The first-order valence-corrected chi connectivity index (χ1v) is 13.5. The molecule has 0 aliphatic heterocycles. The zero-order valence-electron chi connectivity index (χ0n) is 18.3. The first-order valence-electron chi connectivity index (χ1n) is 11.8. The molecule has 0 saturated heterocycles. The summed E-state index contributed by atoms with van der Waals surface area (Å²) in [5.41, 5.74) is 3.25. The molecule has 5 rings (SSSR count). The molecule has 0 N–H and O–H groups in total. The molecule has 2 aromatic carbocycles. The van der Waals surface area contributed by atoms with Crippen molar-refractivity contribution in [2.24, 2.45) is 17.3 Å². The van der Waals surface area contributed by atoms with Crippen molar-refractivity contribution in [3.63, 3.8) is 0 Å². The van der Waals surface area contributed by atoms with Gasteiger partial charge in [0.25, 0.3) is 0 Å². The maximum absolute atomic E-state index is 15.3. The van der Waals surface area contributed by atoms with Gasteiger partial charge in [0.2, 0.25) is 0 Å². The van der Waals surface area contributed by atoms with Gasteiger partial charge in [-0.25, -0.2) is 0 Å². The largest absolute Gasteiger partial charge is 0.309 e. The van der Waals surface area contributed by atoms with Crippen LogP contribution < -0.4 is 10.6 Å². The van der Waals surface area contributed by atoms with Crippen LogP contribution >= 0.6 is 7.14 Å². The van der Waals surface area contributed by atoms with E-state index in [9.17, 15) is 0 Å². The summed E-state index contributed by atoms with van der Waals surface area (Å²) in [7, 11) is -2.91. The van der Waals surface area contributed by atoms with E-state index in [0.717, 1.165) is 17.0 Å². The molecular formula is C28H33OP. The van der Waals surface area contributed by atoms with Gasteiger partial charge in [0.05, 0.1) is 0 Å². The number of benzene rings is 2. The highest BCUT2D eigenvalue weighted by Gasteiger charge is 2.48. The second-order valence-electron chi connectivity index (χ2n) is 9.55. The van der Waals surface area contributed by atoms with E-state index in [1.54, 1.807) is 0 Å². The van der Waals surface area contributed by atoms with Crippen molar-refractivity contribution in [3.05, 3.63) is 83.2 Å². The predicted octanol–water partition coefficient (Wildman–Crippen LogP) is 7.21. The van der Waals surface area contributed by atoms with Crippen LogP contribution in [0.4, 0.5) is 0 Å². The lowest BCUT2D eigenvalue weighted by Crippen LogP contribution is -2.25. The van der Waals surface area contributed by atoms with Gasteiger partial charge in [0.15, 0.2) is 7.14 Å². The third kappa shape index (κ3) is 3.01. The lowest BCUT2D eigenvalue weighted by atomic mass is 9.76. The molecule has 0 radical (unpaired) electrons. The van der Waals surface area contributed by atoms with Crippen LogP contribution in [-0.2, 0) is 4.57 Å². The van der Waals surface area contributed by atoms with E-state index in [2.05, 4.69) is 44.2 Å². The molecule has 1 nitrogen and oxygen atoms in total. The van der Waals surface area contributed by atoms with Crippen LogP contribution in [0.1, 0.15) is 58.8 Å². The van der Waals surface area contributed by atoms with Crippen molar-refractivity contribution in [2.45, 2.75) is 58.8 Å². The van der Waals surface area contributed by atoms with Crippen LogP contribution in [0.5, 0.6) is 0 Å². The molecule has 2 aromatic rings. The molecule has 0 bridgehead atoms. The van der Waals surface area contributed by atoms with Crippen molar-refractivity contribution in [3.8, 4) is 0 Å². The van der Waals surface area contributed by atoms with Gasteiger partial charge in [0, 0.05) is 15.9 Å². The SMILES string of the molecule is CCC1(CC)C=C2C(P(=O)(c3ccccc3)c3ccccc3)=C3CCC[C@@H]3C[C@H]2C1. The molecule has 156 valence electrons. The Hall–Kier alpha value is -1.85. The normalized spacial score (nSPS) is 25.1. The van der Waals surface area contributed by atoms with Crippen LogP contribution in [0.3, 0.4) is 0 Å². The molecular weight excluding hydrogens is 383 g/mol. The summed E-state index contributed by atoms with van der Waals surface area (Å²) < 4.78 is 15.3. The summed E-state index contributed by atoms with van der Waals surface area (Å²) in [6.07, 6.45) is 11.1. The van der Waals surface area contributed by atoms with Gasteiger partial charge >= 0.3 is 0 Å². The van der Waals surface area contributed by atoms with Gasteiger partial charge in [-0.05, 0) is 67.8 Å². The Morgan fingerprint density at radius 2 is 1.50 bits per heavy atom. The smallest absolute Gasteiger partial charge is 0.171 e. The van der Waals surface area contributed by atoms with Crippen LogP contribution in [0.15, 0.2) is 83.2 Å². The molecule has 1 fully saturated rings. The molecule has 0 spiro atoms. The highest BCUT2D eigenvalue weighted by molar-refractivity contribution is 7.82. The average Bonchev–Trinajstić information content (AvgIpc) is 3.42. The van der Waals surface area contributed by atoms with E-state index in [4.69, 9.17) is 0 Å². The van der Waals surface area contributed by atoms with E-state index in [0.29, 0.717) is 11.8 Å². The molecule has 30 heavy (non-hydrogen) atoms. The fourth-order valence-electron chi connectivity index (χ4n) is 6.41. The zero-order chi connectivity index (χ0) is 20.8. The van der Waals surface area contributed by atoms with E-state index in [1.807, 2.05) is 36.4 Å². The van der Waals surface area contributed by atoms with Gasteiger partial charge in [-0.15, -0.1) is 0 Å². The van der Waals surface area contributed by atoms with Gasteiger partial charge in [-0.3, -0.25) is 0 Å². The second-order valence-corrected chi connectivity index (χ2v) is 12.2. The van der Waals surface area contributed by atoms with Gasteiger partial charge in [0.1, 0.15) is 0 Å². The van der Waals surface area contributed by atoms with E-state index in [1.165, 1.54) is 55.0 Å². The quantitative estimate of drug-likeness (QED) is 0.471. The van der Waals surface area contributed by atoms with Crippen LogP contribution in [0.25, 0.3) is 0 Å². The van der Waals surface area contributed by atoms with Crippen molar-refractivity contribution < 1.29 is 4.57 Å². The van der Waals surface area contributed by atoms with E-state index < -0.39 is 7.14 Å². The number of hydrogen-bond donors (Lipinski definition) is 0. The van der Waals surface area contributed by atoms with Gasteiger partial charge in [-0.2, -0.15) is 0 Å². The standard InChI is InChI=1S/C28H33OP/c1-3-28(4-2)19-22-18-21-12-11-17-25(21)27(26(22)20-28)30(29,23-13-7-5-8-14-23)24-15-9-6-10-16-24/h5-10,13-16,20-22H,3-4,11-12,17-19H2,1-2H3/t21-,22+/m1/s1. The van der Waals surface area contributed by atoms with Crippen LogP contribution in [-0.4, -0.2) is 0 Å². The molecule has 2 heteroatoms. The number of allylic oxidation sites excluding steroid dienone is 4. The van der Waals surface area contributed by atoms with Crippen molar-refractivity contribution in [2.75, 3.05) is 0 Å². The highest BCUT2D eigenvalue weighted by atomic mass is 31.2. The number of fused-ring (bicyclic) bond motifs is 2. The van der Waals surface area contributed by atoms with Crippen molar-refractivity contribution in [1.82, 2.24) is 0 Å². The maximum atomic E-state index is 15.3. The summed E-state index contributed by atoms with van der Waals surface area (Å²) in [6.45, 7) is 4.67. The second kappa shape index (κ2) is 7.69. The third-order valence-corrected chi connectivity index (χ3v) is 11.4. The molecule has 0 aromatic heterocycles. The van der Waals surface area contributed by atoms with Gasteiger partial charge in [-0.1, -0.05) is 86.2 Å². The molecule has 0 amide bonds. The minimum atomic E-state index is -2.91. The minimum Gasteiger partial charge on any atom is -0.309 e.